The molecule has 0 bridgehead atoms. The average molecular weight is 562 g/mol. The van der Waals surface area contributed by atoms with E-state index in [1.165, 1.54) is 11.3 Å². The van der Waals surface area contributed by atoms with Crippen LogP contribution >= 0.6 is 22.9 Å². The summed E-state index contributed by atoms with van der Waals surface area (Å²) in [6, 6.07) is 17.7. The van der Waals surface area contributed by atoms with Gasteiger partial charge < -0.3 is 4.74 Å². The third-order valence-electron chi connectivity index (χ3n) is 6.04. The van der Waals surface area contributed by atoms with E-state index in [9.17, 15) is 13.2 Å². The van der Waals surface area contributed by atoms with Gasteiger partial charge in [0.2, 0.25) is 0 Å². The van der Waals surface area contributed by atoms with Crippen LogP contribution in [0.2, 0.25) is 5.02 Å². The van der Waals surface area contributed by atoms with E-state index in [-0.39, 0.29) is 4.21 Å². The third kappa shape index (κ3) is 6.35. The molecule has 0 fully saturated rings. The lowest BCUT2D eigenvalue weighted by Gasteiger charge is -2.40. The minimum absolute atomic E-state index is 0.195. The highest BCUT2D eigenvalue weighted by Crippen LogP contribution is 2.35. The number of carbonyl (C=O) groups excluding carboxylic acids is 1. The summed E-state index contributed by atoms with van der Waals surface area (Å²) < 4.78 is 36.3. The second kappa shape index (κ2) is 10.7. The lowest BCUT2D eigenvalue weighted by atomic mass is 9.98. The maximum absolute atomic E-state index is 13.7. The standard InChI is InChI=1S/C27H32ClN3O4S2/c1-27(2,3)35-26(32)31-17-16-18-8-6-7-9-21(18)24(25(31)30(4)5)29-37(33,34)23-15-14-22(36-23)19-10-12-20(28)13-11-19/h6-15,24-25,29H,16-17H2,1-5H3. The Hall–Kier alpha value is -2.43. The molecule has 3 aromatic rings. The van der Waals surface area contributed by atoms with Crippen molar-refractivity contribution in [2.24, 2.45) is 0 Å². The second-order valence-electron chi connectivity index (χ2n) is 10.2. The number of amides is 1. The number of fused-ring (bicyclic) bond motifs is 1. The maximum Gasteiger partial charge on any atom is 0.411 e. The Morgan fingerprint density at radius 1 is 1.08 bits per heavy atom. The molecule has 0 aliphatic carbocycles. The Morgan fingerprint density at radius 2 is 1.76 bits per heavy atom. The molecule has 4 rings (SSSR count). The summed E-state index contributed by atoms with van der Waals surface area (Å²) in [4.78, 5) is 17.6. The van der Waals surface area contributed by atoms with Crippen molar-refractivity contribution >= 4 is 39.1 Å². The van der Waals surface area contributed by atoms with E-state index in [0.29, 0.717) is 18.0 Å². The van der Waals surface area contributed by atoms with Gasteiger partial charge in [-0.3, -0.25) is 9.80 Å². The molecule has 10 heteroatoms. The topological polar surface area (TPSA) is 79.0 Å². The van der Waals surface area contributed by atoms with Crippen molar-refractivity contribution in [1.29, 1.82) is 0 Å². The molecule has 1 aromatic heterocycles. The number of ether oxygens (including phenoxy) is 1. The quantitative estimate of drug-likeness (QED) is 0.428. The number of nitrogens with one attached hydrogen (secondary N) is 1. The summed E-state index contributed by atoms with van der Waals surface area (Å²) >= 11 is 7.19. The number of likely N-dealkylation sites (N-methyl/N-ethyl adjacent to an activating group) is 1. The van der Waals surface area contributed by atoms with E-state index in [4.69, 9.17) is 16.3 Å². The van der Waals surface area contributed by atoms with Gasteiger partial charge in [-0.25, -0.2) is 13.2 Å². The predicted octanol–water partition coefficient (Wildman–Crippen LogP) is 5.77. The van der Waals surface area contributed by atoms with Crippen molar-refractivity contribution in [2.75, 3.05) is 20.6 Å². The Labute approximate surface area is 228 Å². The summed E-state index contributed by atoms with van der Waals surface area (Å²) in [6.07, 6.45) is -0.508. The van der Waals surface area contributed by atoms with Crippen molar-refractivity contribution < 1.29 is 17.9 Å². The molecule has 1 N–H and O–H groups in total. The molecule has 2 aromatic carbocycles. The van der Waals surface area contributed by atoms with E-state index < -0.39 is 33.9 Å². The molecule has 1 aliphatic rings. The highest BCUT2D eigenvalue weighted by atomic mass is 35.5. The molecular formula is C27H32ClN3O4S2. The Morgan fingerprint density at radius 3 is 2.41 bits per heavy atom. The summed E-state index contributed by atoms with van der Waals surface area (Å²) in [7, 11) is -0.259. The number of sulfonamides is 1. The van der Waals surface area contributed by atoms with Gasteiger partial charge in [0.1, 0.15) is 16.0 Å². The molecule has 0 saturated carbocycles. The minimum Gasteiger partial charge on any atom is -0.444 e. The van der Waals surface area contributed by atoms with Crippen molar-refractivity contribution in [3.63, 3.8) is 0 Å². The van der Waals surface area contributed by atoms with Gasteiger partial charge in [0, 0.05) is 16.4 Å². The first-order valence-electron chi connectivity index (χ1n) is 12.0. The van der Waals surface area contributed by atoms with Crippen molar-refractivity contribution in [1.82, 2.24) is 14.5 Å². The summed E-state index contributed by atoms with van der Waals surface area (Å²) in [6.45, 7) is 5.85. The van der Waals surface area contributed by atoms with Gasteiger partial charge in [-0.1, -0.05) is 48.0 Å². The molecule has 198 valence electrons. The van der Waals surface area contributed by atoms with E-state index >= 15 is 0 Å². The lowest BCUT2D eigenvalue weighted by Crippen LogP contribution is -2.55. The van der Waals surface area contributed by atoms with Gasteiger partial charge in [0.15, 0.2) is 0 Å². The van der Waals surface area contributed by atoms with Gasteiger partial charge in [-0.2, -0.15) is 4.72 Å². The summed E-state index contributed by atoms with van der Waals surface area (Å²) in [5.74, 6) is 0. The van der Waals surface area contributed by atoms with Crippen LogP contribution in [0.4, 0.5) is 4.79 Å². The van der Waals surface area contributed by atoms with Crippen molar-refractivity contribution in [3.8, 4) is 10.4 Å². The zero-order valence-electron chi connectivity index (χ0n) is 21.6. The molecule has 7 nitrogen and oxygen atoms in total. The van der Waals surface area contributed by atoms with Crippen LogP contribution < -0.4 is 4.72 Å². The largest absolute Gasteiger partial charge is 0.444 e. The van der Waals surface area contributed by atoms with Crippen LogP contribution in [-0.2, 0) is 21.2 Å². The first kappa shape index (κ1) is 27.6. The van der Waals surface area contributed by atoms with Crippen LogP contribution in [0.25, 0.3) is 10.4 Å². The van der Waals surface area contributed by atoms with Crippen molar-refractivity contribution in [2.45, 2.75) is 49.2 Å². The molecule has 0 spiro atoms. The molecule has 1 aliphatic heterocycles. The lowest BCUT2D eigenvalue weighted by molar-refractivity contribution is -0.00840. The normalized spacial score (nSPS) is 18.4. The van der Waals surface area contributed by atoms with E-state index in [1.54, 1.807) is 29.2 Å². The van der Waals surface area contributed by atoms with Crippen LogP contribution in [0.3, 0.4) is 0 Å². The molecule has 0 saturated heterocycles. The number of carbonyl (C=O) groups is 1. The zero-order chi connectivity index (χ0) is 27.0. The molecule has 2 heterocycles. The molecule has 2 unspecified atom stereocenters. The second-order valence-corrected chi connectivity index (χ2v) is 13.7. The number of hydrogen-bond donors (Lipinski definition) is 1. The molecular weight excluding hydrogens is 530 g/mol. The highest BCUT2D eigenvalue weighted by molar-refractivity contribution is 7.91. The first-order chi connectivity index (χ1) is 17.4. The smallest absolute Gasteiger partial charge is 0.411 e. The molecule has 1 amide bonds. The highest BCUT2D eigenvalue weighted by Gasteiger charge is 2.41. The first-order valence-corrected chi connectivity index (χ1v) is 14.7. The fourth-order valence-electron chi connectivity index (χ4n) is 4.46. The minimum atomic E-state index is -3.93. The Balaban J connectivity index is 1.72. The van der Waals surface area contributed by atoms with Crippen LogP contribution in [0.1, 0.15) is 37.9 Å². The predicted molar refractivity (Wildman–Crippen MR) is 148 cm³/mol. The fraction of sp³-hybridized carbons (Fsp3) is 0.370. The van der Waals surface area contributed by atoms with Crippen LogP contribution in [-0.4, -0.2) is 56.7 Å². The Kier molecular flexibility index (Phi) is 8.02. The number of halogens is 1. The van der Waals surface area contributed by atoms with Gasteiger partial charge in [0.05, 0.1) is 6.04 Å². The van der Waals surface area contributed by atoms with Gasteiger partial charge in [0.25, 0.3) is 10.0 Å². The summed E-state index contributed by atoms with van der Waals surface area (Å²) in [5.41, 5.74) is 2.03. The number of benzene rings is 2. The van der Waals surface area contributed by atoms with E-state index in [2.05, 4.69) is 4.72 Å². The monoisotopic (exact) mass is 561 g/mol. The average Bonchev–Trinajstić information content (AvgIpc) is 3.25. The molecule has 2 atom stereocenters. The Bertz CT molecular complexity index is 1360. The van der Waals surface area contributed by atoms with Gasteiger partial charge >= 0.3 is 6.09 Å². The van der Waals surface area contributed by atoms with Gasteiger partial charge in [-0.05, 0) is 82.2 Å². The maximum atomic E-state index is 13.7. The van der Waals surface area contributed by atoms with Crippen LogP contribution in [0, 0.1) is 0 Å². The number of nitrogens with zero attached hydrogens (tertiary/aromatic N) is 2. The zero-order valence-corrected chi connectivity index (χ0v) is 24.0. The summed E-state index contributed by atoms with van der Waals surface area (Å²) in [5, 5.41) is 0.617. The fourth-order valence-corrected chi connectivity index (χ4v) is 7.13. The van der Waals surface area contributed by atoms with Crippen molar-refractivity contribution in [3.05, 3.63) is 76.8 Å². The number of thiophene rings is 1. The third-order valence-corrected chi connectivity index (χ3v) is 9.36. The van der Waals surface area contributed by atoms with E-state index in [0.717, 1.165) is 21.6 Å². The molecule has 37 heavy (non-hydrogen) atoms. The van der Waals surface area contributed by atoms with Gasteiger partial charge in [-0.15, -0.1) is 11.3 Å². The van der Waals surface area contributed by atoms with Crippen LogP contribution in [0.5, 0.6) is 0 Å². The van der Waals surface area contributed by atoms with E-state index in [1.807, 2.05) is 76.2 Å². The SMILES string of the molecule is CN(C)C1C(NS(=O)(=O)c2ccc(-c3ccc(Cl)cc3)s2)c2ccccc2CCN1C(=O)OC(C)(C)C. The number of hydrogen-bond acceptors (Lipinski definition) is 6. The number of rotatable bonds is 5. The van der Waals surface area contributed by atoms with Crippen LogP contribution in [0.15, 0.2) is 64.9 Å². The molecule has 0 radical (unpaired) electrons.